The van der Waals surface area contributed by atoms with Gasteiger partial charge in [-0.05, 0) is 49.6 Å². The first-order valence-corrected chi connectivity index (χ1v) is 9.33. The third-order valence-electron chi connectivity index (χ3n) is 3.25. The second-order valence-corrected chi connectivity index (χ2v) is 7.90. The molecule has 2 N–H and O–H groups in total. The molecule has 0 atom stereocenters. The highest BCUT2D eigenvalue weighted by molar-refractivity contribution is 7.91. The molecule has 0 saturated heterocycles. The lowest BCUT2D eigenvalue weighted by Gasteiger charge is -2.26. The maximum atomic E-state index is 12.0. The van der Waals surface area contributed by atoms with Crippen molar-refractivity contribution in [3.8, 4) is 0 Å². The lowest BCUT2D eigenvalue weighted by Crippen LogP contribution is -2.29. The van der Waals surface area contributed by atoms with Crippen LogP contribution < -0.4 is 10.6 Å². The van der Waals surface area contributed by atoms with Crippen molar-refractivity contribution < 1.29 is 8.42 Å². The normalized spacial score (nSPS) is 11.9. The van der Waals surface area contributed by atoms with E-state index in [-0.39, 0.29) is 5.75 Å². The fourth-order valence-electron chi connectivity index (χ4n) is 2.30. The molecule has 0 saturated carbocycles. The van der Waals surface area contributed by atoms with Gasteiger partial charge in [0.05, 0.1) is 10.6 Å². The predicted molar refractivity (Wildman–Crippen MR) is 89.5 cm³/mol. The van der Waals surface area contributed by atoms with Crippen molar-refractivity contribution in [1.82, 2.24) is 0 Å². The second kappa shape index (κ2) is 8.39. The maximum Gasteiger partial charge on any atom is 0.178 e. The molecule has 1 aromatic rings. The summed E-state index contributed by atoms with van der Waals surface area (Å²) in [4.78, 5) is 2.68. The number of hydrogen-bond acceptors (Lipinski definition) is 4. The van der Waals surface area contributed by atoms with Gasteiger partial charge in [0.1, 0.15) is 0 Å². The summed E-state index contributed by atoms with van der Waals surface area (Å²) in [6, 6.07) is 7.25. The summed E-state index contributed by atoms with van der Waals surface area (Å²) in [5, 5.41) is 0. The van der Waals surface area contributed by atoms with Crippen LogP contribution in [0.2, 0.25) is 0 Å². The lowest BCUT2D eigenvalue weighted by molar-refractivity contribution is 0.593. The van der Waals surface area contributed by atoms with E-state index in [0.29, 0.717) is 23.8 Å². The van der Waals surface area contributed by atoms with E-state index in [1.807, 2.05) is 19.1 Å². The number of benzene rings is 1. The number of rotatable bonds is 9. The van der Waals surface area contributed by atoms with Crippen molar-refractivity contribution in [2.45, 2.75) is 38.5 Å². The Bertz CT molecular complexity index is 510. The van der Waals surface area contributed by atoms with Gasteiger partial charge in [-0.2, -0.15) is 0 Å². The van der Waals surface area contributed by atoms with E-state index >= 15 is 0 Å². The van der Waals surface area contributed by atoms with Crippen molar-refractivity contribution in [2.75, 3.05) is 30.3 Å². The van der Waals surface area contributed by atoms with Crippen molar-refractivity contribution in [3.63, 3.8) is 0 Å². The predicted octanol–water partition coefficient (Wildman–Crippen LogP) is 2.68. The molecule has 0 aliphatic rings. The molecule has 0 aliphatic heterocycles. The van der Waals surface area contributed by atoms with Gasteiger partial charge in [-0.25, -0.2) is 8.42 Å². The summed E-state index contributed by atoms with van der Waals surface area (Å²) in [6.45, 7) is 8.74. The zero-order valence-corrected chi connectivity index (χ0v) is 14.2. The standard InChI is InChI=1S/C16H28N2O2S/c1-4-12-21(19,20)16-8-6-15(7-9-16)18(11-5-10-17)13-14(2)3/h6-9,14H,4-5,10-13,17H2,1-3H3. The molecular weight excluding hydrogens is 284 g/mol. The summed E-state index contributed by atoms with van der Waals surface area (Å²) < 4.78 is 24.1. The summed E-state index contributed by atoms with van der Waals surface area (Å²) in [5.41, 5.74) is 6.66. The van der Waals surface area contributed by atoms with Gasteiger partial charge in [-0.15, -0.1) is 0 Å². The minimum absolute atomic E-state index is 0.204. The van der Waals surface area contributed by atoms with Crippen LogP contribution in [0.1, 0.15) is 33.6 Å². The highest BCUT2D eigenvalue weighted by atomic mass is 32.2. The summed E-state index contributed by atoms with van der Waals surface area (Å²) >= 11 is 0. The third kappa shape index (κ3) is 5.67. The molecule has 0 bridgehead atoms. The first-order valence-electron chi connectivity index (χ1n) is 7.68. The van der Waals surface area contributed by atoms with Crippen molar-refractivity contribution in [2.24, 2.45) is 11.7 Å². The van der Waals surface area contributed by atoms with Gasteiger partial charge in [0.2, 0.25) is 0 Å². The van der Waals surface area contributed by atoms with Crippen LogP contribution in [-0.2, 0) is 9.84 Å². The highest BCUT2D eigenvalue weighted by Crippen LogP contribution is 2.20. The first-order chi connectivity index (χ1) is 9.90. The molecule has 0 amide bonds. The molecule has 0 unspecified atom stereocenters. The Hall–Kier alpha value is -1.07. The Kier molecular flexibility index (Phi) is 7.18. The van der Waals surface area contributed by atoms with Crippen LogP contribution in [0.5, 0.6) is 0 Å². The van der Waals surface area contributed by atoms with Gasteiger partial charge in [-0.3, -0.25) is 0 Å². The number of hydrogen-bond donors (Lipinski definition) is 1. The monoisotopic (exact) mass is 312 g/mol. The van der Waals surface area contributed by atoms with Crippen LogP contribution in [0.15, 0.2) is 29.2 Å². The van der Waals surface area contributed by atoms with E-state index in [4.69, 9.17) is 5.73 Å². The Morgan fingerprint density at radius 3 is 2.29 bits per heavy atom. The number of anilines is 1. The maximum absolute atomic E-state index is 12.0. The molecule has 21 heavy (non-hydrogen) atoms. The Balaban J connectivity index is 2.91. The van der Waals surface area contributed by atoms with E-state index in [1.54, 1.807) is 12.1 Å². The van der Waals surface area contributed by atoms with Gasteiger partial charge in [0, 0.05) is 18.8 Å². The molecular formula is C16H28N2O2S. The fraction of sp³-hybridized carbons (Fsp3) is 0.625. The van der Waals surface area contributed by atoms with Crippen LogP contribution in [0.4, 0.5) is 5.69 Å². The van der Waals surface area contributed by atoms with E-state index in [2.05, 4.69) is 18.7 Å². The molecule has 0 radical (unpaired) electrons. The first kappa shape index (κ1) is 18.0. The molecule has 0 spiro atoms. The van der Waals surface area contributed by atoms with Gasteiger partial charge in [-0.1, -0.05) is 20.8 Å². The molecule has 0 aliphatic carbocycles. The van der Waals surface area contributed by atoms with E-state index in [0.717, 1.165) is 25.2 Å². The zero-order valence-electron chi connectivity index (χ0n) is 13.4. The Morgan fingerprint density at radius 1 is 1.19 bits per heavy atom. The second-order valence-electron chi connectivity index (χ2n) is 5.79. The third-order valence-corrected chi connectivity index (χ3v) is 5.19. The van der Waals surface area contributed by atoms with Gasteiger partial charge >= 0.3 is 0 Å². The number of nitrogens with two attached hydrogens (primary N) is 1. The van der Waals surface area contributed by atoms with Crippen LogP contribution in [0, 0.1) is 5.92 Å². The molecule has 1 aromatic carbocycles. The summed E-state index contributed by atoms with van der Waals surface area (Å²) in [6.07, 6.45) is 1.57. The minimum Gasteiger partial charge on any atom is -0.371 e. The fourth-order valence-corrected chi connectivity index (χ4v) is 3.62. The van der Waals surface area contributed by atoms with Gasteiger partial charge < -0.3 is 10.6 Å². The van der Waals surface area contributed by atoms with Crippen LogP contribution in [0.3, 0.4) is 0 Å². The van der Waals surface area contributed by atoms with E-state index < -0.39 is 9.84 Å². The quantitative estimate of drug-likeness (QED) is 0.761. The molecule has 4 nitrogen and oxygen atoms in total. The van der Waals surface area contributed by atoms with Gasteiger partial charge in [0.25, 0.3) is 0 Å². The minimum atomic E-state index is -3.13. The average molecular weight is 312 g/mol. The topological polar surface area (TPSA) is 63.4 Å². The van der Waals surface area contributed by atoms with Crippen LogP contribution >= 0.6 is 0 Å². The summed E-state index contributed by atoms with van der Waals surface area (Å²) in [7, 11) is -3.13. The number of nitrogens with zero attached hydrogens (tertiary/aromatic N) is 1. The largest absolute Gasteiger partial charge is 0.371 e. The molecule has 0 heterocycles. The Labute approximate surface area is 129 Å². The molecule has 120 valence electrons. The average Bonchev–Trinajstić information content (AvgIpc) is 2.43. The van der Waals surface area contributed by atoms with E-state index in [1.165, 1.54) is 0 Å². The lowest BCUT2D eigenvalue weighted by atomic mass is 10.1. The van der Waals surface area contributed by atoms with E-state index in [9.17, 15) is 8.42 Å². The molecule has 0 aromatic heterocycles. The summed E-state index contributed by atoms with van der Waals surface area (Å²) in [5.74, 6) is 0.751. The highest BCUT2D eigenvalue weighted by Gasteiger charge is 2.14. The van der Waals surface area contributed by atoms with Crippen molar-refractivity contribution in [3.05, 3.63) is 24.3 Å². The SMILES string of the molecule is CCCS(=O)(=O)c1ccc(N(CCCN)CC(C)C)cc1. The Morgan fingerprint density at radius 2 is 1.81 bits per heavy atom. The number of sulfone groups is 1. The van der Waals surface area contributed by atoms with Crippen LogP contribution in [0.25, 0.3) is 0 Å². The molecule has 1 rings (SSSR count). The molecule has 0 fully saturated rings. The van der Waals surface area contributed by atoms with Crippen molar-refractivity contribution in [1.29, 1.82) is 0 Å². The van der Waals surface area contributed by atoms with Gasteiger partial charge in [0.15, 0.2) is 9.84 Å². The van der Waals surface area contributed by atoms with Crippen LogP contribution in [-0.4, -0.2) is 33.8 Å². The molecule has 5 heteroatoms. The zero-order chi connectivity index (χ0) is 15.9. The smallest absolute Gasteiger partial charge is 0.178 e. The van der Waals surface area contributed by atoms with Crippen molar-refractivity contribution >= 4 is 15.5 Å².